The number of aliphatic hydroxyl groups excluding tert-OH is 1. The van der Waals surface area contributed by atoms with Gasteiger partial charge in [0.05, 0.1) is 23.6 Å². The number of benzene rings is 1. The molecule has 2 rings (SSSR count). The fourth-order valence-electron chi connectivity index (χ4n) is 2.01. The summed E-state index contributed by atoms with van der Waals surface area (Å²) in [4.78, 5) is 12.2. The van der Waals surface area contributed by atoms with E-state index in [-0.39, 0.29) is 12.3 Å². The molecule has 0 aliphatic carbocycles. The molecule has 20 heavy (non-hydrogen) atoms. The first-order valence-corrected chi connectivity index (χ1v) is 6.16. The summed E-state index contributed by atoms with van der Waals surface area (Å²) in [6, 6.07) is 8.47. The van der Waals surface area contributed by atoms with Gasteiger partial charge in [-0.05, 0) is 31.2 Å². The van der Waals surface area contributed by atoms with Crippen LogP contribution in [0.4, 0.5) is 11.4 Å². The average molecular weight is 276 g/mol. The molecular weight excluding hydrogens is 260 g/mol. The highest BCUT2D eigenvalue weighted by Crippen LogP contribution is 2.25. The summed E-state index contributed by atoms with van der Waals surface area (Å²) in [5.74, 6) is 1.65. The highest BCUT2D eigenvalue weighted by atomic mass is 16.6. The number of nitro benzene ring substituents is 1. The van der Waals surface area contributed by atoms with E-state index in [9.17, 15) is 15.2 Å². The molecule has 1 aromatic carbocycles. The number of aryl methyl sites for hydroxylation is 1. The molecule has 0 amide bonds. The van der Waals surface area contributed by atoms with Crippen LogP contribution < -0.4 is 4.90 Å². The smallest absolute Gasteiger partial charge is 0.275 e. The predicted octanol–water partition coefficient (Wildman–Crippen LogP) is 2.62. The van der Waals surface area contributed by atoms with Gasteiger partial charge in [0.2, 0.25) is 0 Å². The molecule has 6 nitrogen and oxygen atoms in total. The van der Waals surface area contributed by atoms with Crippen molar-refractivity contribution in [3.8, 4) is 0 Å². The van der Waals surface area contributed by atoms with Crippen molar-refractivity contribution in [2.45, 2.75) is 20.1 Å². The molecule has 0 radical (unpaired) electrons. The number of nitrogens with zero attached hydrogens (tertiary/aromatic N) is 2. The van der Waals surface area contributed by atoms with Crippen molar-refractivity contribution in [3.63, 3.8) is 0 Å². The number of hydrogen-bond donors (Lipinski definition) is 1. The van der Waals surface area contributed by atoms with E-state index in [0.717, 1.165) is 17.2 Å². The van der Waals surface area contributed by atoms with Crippen molar-refractivity contribution in [2.24, 2.45) is 0 Å². The van der Waals surface area contributed by atoms with Gasteiger partial charge >= 0.3 is 0 Å². The summed E-state index contributed by atoms with van der Waals surface area (Å²) in [5.41, 5.74) is 1.02. The topological polar surface area (TPSA) is 79.8 Å². The van der Waals surface area contributed by atoms with Crippen LogP contribution in [0, 0.1) is 17.0 Å². The van der Waals surface area contributed by atoms with Gasteiger partial charge in [0.25, 0.3) is 5.69 Å². The first-order valence-electron chi connectivity index (χ1n) is 6.16. The molecule has 0 aliphatic rings. The molecule has 0 saturated heterocycles. The fourth-order valence-corrected chi connectivity index (χ4v) is 2.01. The monoisotopic (exact) mass is 276 g/mol. The van der Waals surface area contributed by atoms with Crippen LogP contribution in [-0.4, -0.2) is 17.1 Å². The molecule has 0 aliphatic heterocycles. The Kier molecular flexibility index (Phi) is 4.05. The zero-order valence-electron chi connectivity index (χ0n) is 11.4. The number of anilines is 1. The number of furan rings is 1. The maximum Gasteiger partial charge on any atom is 0.275 e. The molecule has 0 fully saturated rings. The van der Waals surface area contributed by atoms with Crippen molar-refractivity contribution >= 4 is 11.4 Å². The Bertz CT molecular complexity index is 621. The van der Waals surface area contributed by atoms with Gasteiger partial charge in [-0.15, -0.1) is 0 Å². The average Bonchev–Trinajstić information content (AvgIpc) is 2.83. The first-order chi connectivity index (χ1) is 9.51. The quantitative estimate of drug-likeness (QED) is 0.670. The molecule has 0 atom stereocenters. The van der Waals surface area contributed by atoms with E-state index >= 15 is 0 Å². The van der Waals surface area contributed by atoms with Crippen molar-refractivity contribution in [2.75, 3.05) is 11.9 Å². The number of aliphatic hydroxyl groups is 1. The van der Waals surface area contributed by atoms with Crippen LogP contribution in [0.15, 0.2) is 34.7 Å². The van der Waals surface area contributed by atoms with Crippen LogP contribution in [0.25, 0.3) is 0 Å². The van der Waals surface area contributed by atoms with Crippen LogP contribution in [0.2, 0.25) is 0 Å². The fraction of sp³-hybridized carbons (Fsp3) is 0.286. The van der Waals surface area contributed by atoms with Crippen LogP contribution in [0.5, 0.6) is 0 Å². The summed E-state index contributed by atoms with van der Waals surface area (Å²) in [7, 11) is 1.86. The number of rotatable bonds is 5. The second-order valence-electron chi connectivity index (χ2n) is 4.60. The maximum atomic E-state index is 10.8. The summed E-state index contributed by atoms with van der Waals surface area (Å²) in [5, 5.41) is 20.0. The zero-order chi connectivity index (χ0) is 14.7. The predicted molar refractivity (Wildman–Crippen MR) is 74.6 cm³/mol. The molecule has 1 aromatic heterocycles. The van der Waals surface area contributed by atoms with Crippen molar-refractivity contribution in [3.05, 3.63) is 57.5 Å². The lowest BCUT2D eigenvalue weighted by Gasteiger charge is -2.18. The minimum atomic E-state index is -0.495. The molecular formula is C14H16N2O4. The van der Waals surface area contributed by atoms with Gasteiger partial charge in [0.1, 0.15) is 11.5 Å². The minimum absolute atomic E-state index is 0.0708. The van der Waals surface area contributed by atoms with Gasteiger partial charge in [0.15, 0.2) is 0 Å². The zero-order valence-corrected chi connectivity index (χ0v) is 11.4. The lowest BCUT2D eigenvalue weighted by atomic mass is 10.1. The van der Waals surface area contributed by atoms with Gasteiger partial charge in [-0.2, -0.15) is 0 Å². The van der Waals surface area contributed by atoms with Crippen molar-refractivity contribution in [1.29, 1.82) is 0 Å². The van der Waals surface area contributed by atoms with E-state index in [0.29, 0.717) is 12.1 Å². The van der Waals surface area contributed by atoms with Gasteiger partial charge < -0.3 is 14.4 Å². The van der Waals surface area contributed by atoms with Gasteiger partial charge in [-0.3, -0.25) is 10.1 Å². The van der Waals surface area contributed by atoms with E-state index in [4.69, 9.17) is 4.42 Å². The Morgan fingerprint density at radius 2 is 2.10 bits per heavy atom. The van der Waals surface area contributed by atoms with Crippen LogP contribution >= 0.6 is 0 Å². The summed E-state index contributed by atoms with van der Waals surface area (Å²) in [6.07, 6.45) is 0. The summed E-state index contributed by atoms with van der Waals surface area (Å²) < 4.78 is 5.49. The Labute approximate surface area is 116 Å². The molecule has 6 heteroatoms. The molecule has 0 spiro atoms. The van der Waals surface area contributed by atoms with E-state index < -0.39 is 4.92 Å². The van der Waals surface area contributed by atoms with Crippen molar-refractivity contribution < 1.29 is 14.4 Å². The molecule has 106 valence electrons. The Morgan fingerprint density at radius 1 is 1.35 bits per heavy atom. The molecule has 0 bridgehead atoms. The maximum absolute atomic E-state index is 10.8. The summed E-state index contributed by atoms with van der Waals surface area (Å²) >= 11 is 0. The molecule has 2 aromatic rings. The van der Waals surface area contributed by atoms with Crippen LogP contribution in [0.1, 0.15) is 17.1 Å². The van der Waals surface area contributed by atoms with Crippen LogP contribution in [0.3, 0.4) is 0 Å². The molecule has 1 N–H and O–H groups in total. The van der Waals surface area contributed by atoms with Gasteiger partial charge in [-0.25, -0.2) is 0 Å². The molecule has 0 unspecified atom stereocenters. The highest BCUT2D eigenvalue weighted by Gasteiger charge is 2.15. The van der Waals surface area contributed by atoms with E-state index in [1.54, 1.807) is 12.1 Å². The van der Waals surface area contributed by atoms with Crippen molar-refractivity contribution in [1.82, 2.24) is 0 Å². The largest absolute Gasteiger partial charge is 0.464 e. The van der Waals surface area contributed by atoms with E-state index in [2.05, 4.69) is 0 Å². The normalized spacial score (nSPS) is 10.6. The van der Waals surface area contributed by atoms with Gasteiger partial charge in [-0.1, -0.05) is 0 Å². The molecule has 0 saturated carbocycles. The first kappa shape index (κ1) is 14.1. The van der Waals surface area contributed by atoms with Gasteiger partial charge in [0, 0.05) is 18.8 Å². The third-order valence-electron chi connectivity index (χ3n) is 3.06. The highest BCUT2D eigenvalue weighted by molar-refractivity contribution is 5.55. The minimum Gasteiger partial charge on any atom is -0.464 e. The lowest BCUT2D eigenvalue weighted by molar-refractivity contribution is -0.385. The van der Waals surface area contributed by atoms with E-state index in [1.807, 2.05) is 31.0 Å². The third-order valence-corrected chi connectivity index (χ3v) is 3.06. The SMILES string of the molecule is Cc1ccc(CN(C)c2ccc([N+](=O)[O-])c(CO)c2)o1. The lowest BCUT2D eigenvalue weighted by Crippen LogP contribution is -2.16. The number of nitro groups is 1. The molecule has 1 heterocycles. The van der Waals surface area contributed by atoms with Crippen LogP contribution in [-0.2, 0) is 13.2 Å². The number of hydrogen-bond acceptors (Lipinski definition) is 5. The Morgan fingerprint density at radius 3 is 2.65 bits per heavy atom. The second kappa shape index (κ2) is 5.75. The summed E-state index contributed by atoms with van der Waals surface area (Å²) in [6.45, 7) is 2.06. The van der Waals surface area contributed by atoms with E-state index in [1.165, 1.54) is 6.07 Å². The third kappa shape index (κ3) is 2.97. The second-order valence-corrected chi connectivity index (χ2v) is 4.60. The Balaban J connectivity index is 2.21. The Hall–Kier alpha value is -2.34. The standard InChI is InChI=1S/C14H16N2O4/c1-10-3-5-13(20-10)8-15(2)12-4-6-14(16(18)19)11(7-12)9-17/h3-7,17H,8-9H2,1-2H3.